The molecule has 1 N–H and O–H groups in total. The molecule has 0 radical (unpaired) electrons. The summed E-state index contributed by atoms with van der Waals surface area (Å²) < 4.78 is 12.0. The third-order valence-electron chi connectivity index (χ3n) is 4.63. The zero-order valence-corrected chi connectivity index (χ0v) is 23.1. The Morgan fingerprint density at radius 3 is 2.31 bits per heavy atom. The van der Waals surface area contributed by atoms with Gasteiger partial charge in [-0.05, 0) is 32.0 Å². The predicted octanol–water partition coefficient (Wildman–Crippen LogP) is 7.56. The number of carbonyl (C=O) groups excluding carboxylic acids is 2. The fraction of sp³-hybridized carbons (Fsp3) is 0.227. The third-order valence-corrected chi connectivity index (χ3v) is 6.94. The Balaban J connectivity index is 2.01. The lowest BCUT2D eigenvalue weighted by atomic mass is 10.1. The second-order valence-electron chi connectivity index (χ2n) is 7.08. The van der Waals surface area contributed by atoms with Crippen molar-refractivity contribution in [3.63, 3.8) is 0 Å². The van der Waals surface area contributed by atoms with Gasteiger partial charge in [-0.1, -0.05) is 58.0 Å². The van der Waals surface area contributed by atoms with Gasteiger partial charge in [-0.15, -0.1) is 0 Å². The van der Waals surface area contributed by atoms with Crippen LogP contribution >= 0.6 is 70.0 Å². The number of hydrogen-bond acceptors (Lipinski definition) is 7. The molecule has 3 rings (SSSR count). The van der Waals surface area contributed by atoms with Gasteiger partial charge in [0.25, 0.3) is 5.91 Å². The van der Waals surface area contributed by atoms with Crippen molar-refractivity contribution in [1.29, 1.82) is 0 Å². The van der Waals surface area contributed by atoms with Crippen molar-refractivity contribution in [1.82, 2.24) is 4.41 Å². The van der Waals surface area contributed by atoms with E-state index in [9.17, 15) is 9.59 Å². The van der Waals surface area contributed by atoms with E-state index in [1.54, 1.807) is 13.0 Å². The SMILES string of the molecule is COc1cc(N/C(=C(/C)C(=O)OC(C)SN2N=CCC2=O)c2c(Cl)cc(Cl)cc2Cl)c(Cl)cc1Cl. The maximum Gasteiger partial charge on any atom is 0.337 e. The number of ether oxygens (including phenoxy) is 2. The summed E-state index contributed by atoms with van der Waals surface area (Å²) in [6.07, 6.45) is 1.67. The van der Waals surface area contributed by atoms with Gasteiger partial charge in [0.05, 0.1) is 50.6 Å². The molecule has 1 aliphatic rings. The van der Waals surface area contributed by atoms with Crippen molar-refractivity contribution in [3.05, 3.63) is 60.5 Å². The lowest BCUT2D eigenvalue weighted by Gasteiger charge is -2.21. The van der Waals surface area contributed by atoms with E-state index in [0.29, 0.717) is 27.0 Å². The van der Waals surface area contributed by atoms with Crippen LogP contribution in [0.2, 0.25) is 25.1 Å². The number of amides is 1. The molecule has 0 aromatic heterocycles. The van der Waals surface area contributed by atoms with Gasteiger partial charge in [0.1, 0.15) is 5.75 Å². The summed E-state index contributed by atoms with van der Waals surface area (Å²) in [7, 11) is 1.46. The lowest BCUT2D eigenvalue weighted by Crippen LogP contribution is -2.21. The van der Waals surface area contributed by atoms with Crippen LogP contribution in [-0.4, -0.2) is 35.1 Å². The van der Waals surface area contributed by atoms with Crippen LogP contribution in [-0.2, 0) is 14.3 Å². The molecule has 0 saturated heterocycles. The summed E-state index contributed by atoms with van der Waals surface area (Å²) in [6, 6.07) is 6.04. The maximum atomic E-state index is 13.1. The molecular formula is C22H18Cl5N3O4S. The summed E-state index contributed by atoms with van der Waals surface area (Å²) in [6.45, 7) is 3.15. The molecule has 1 atom stereocenters. The molecule has 13 heteroatoms. The Hall–Kier alpha value is -1.81. The van der Waals surface area contributed by atoms with E-state index in [1.165, 1.54) is 42.9 Å². The van der Waals surface area contributed by atoms with E-state index < -0.39 is 11.4 Å². The summed E-state index contributed by atoms with van der Waals surface area (Å²) in [4.78, 5) is 24.9. The van der Waals surface area contributed by atoms with E-state index in [1.807, 2.05) is 0 Å². The Morgan fingerprint density at radius 1 is 1.09 bits per heavy atom. The molecule has 0 bridgehead atoms. The van der Waals surface area contributed by atoms with Gasteiger partial charge in [0, 0.05) is 34.8 Å². The zero-order valence-electron chi connectivity index (χ0n) is 18.5. The zero-order chi connectivity index (χ0) is 25.9. The summed E-state index contributed by atoms with van der Waals surface area (Å²) in [5.41, 5.74) is 0.298. The average molecular weight is 598 g/mol. The van der Waals surface area contributed by atoms with Crippen molar-refractivity contribution in [3.8, 4) is 5.75 Å². The van der Waals surface area contributed by atoms with Crippen LogP contribution in [0.15, 0.2) is 34.9 Å². The molecule has 1 aliphatic heterocycles. The summed E-state index contributed by atoms with van der Waals surface area (Å²) in [5, 5.41) is 8.29. The van der Waals surface area contributed by atoms with E-state index in [-0.39, 0.29) is 38.7 Å². The number of anilines is 1. The van der Waals surface area contributed by atoms with E-state index in [0.717, 1.165) is 11.9 Å². The van der Waals surface area contributed by atoms with Gasteiger partial charge in [0.15, 0.2) is 5.44 Å². The number of benzene rings is 2. The van der Waals surface area contributed by atoms with Crippen LogP contribution in [0.4, 0.5) is 5.69 Å². The largest absolute Gasteiger partial charge is 0.495 e. The van der Waals surface area contributed by atoms with Crippen molar-refractivity contribution in [2.45, 2.75) is 25.7 Å². The highest BCUT2D eigenvalue weighted by Gasteiger charge is 2.25. The second kappa shape index (κ2) is 12.0. The number of esters is 1. The minimum Gasteiger partial charge on any atom is -0.495 e. The molecule has 1 heterocycles. The van der Waals surface area contributed by atoms with Crippen LogP contribution in [0.25, 0.3) is 5.70 Å². The highest BCUT2D eigenvalue weighted by Crippen LogP contribution is 2.40. The summed E-state index contributed by atoms with van der Waals surface area (Å²) in [5.74, 6) is -0.548. The fourth-order valence-electron chi connectivity index (χ4n) is 2.97. The third kappa shape index (κ3) is 6.70. The molecule has 0 saturated carbocycles. The number of rotatable bonds is 8. The molecule has 1 amide bonds. The Morgan fingerprint density at radius 2 is 1.74 bits per heavy atom. The molecule has 0 fully saturated rings. The van der Waals surface area contributed by atoms with Gasteiger partial charge in [0.2, 0.25) is 0 Å². The molecular weight excluding hydrogens is 580 g/mol. The minimum absolute atomic E-state index is 0.129. The van der Waals surface area contributed by atoms with Gasteiger partial charge < -0.3 is 14.8 Å². The average Bonchev–Trinajstić information content (AvgIpc) is 3.17. The number of carbonyl (C=O) groups is 2. The van der Waals surface area contributed by atoms with Crippen LogP contribution in [0.5, 0.6) is 5.75 Å². The topological polar surface area (TPSA) is 80.2 Å². The number of methoxy groups -OCH3 is 1. The number of nitrogens with one attached hydrogen (secondary N) is 1. The smallest absolute Gasteiger partial charge is 0.337 e. The first kappa shape index (κ1) is 27.8. The normalized spacial score (nSPS) is 14.6. The molecule has 2 aromatic carbocycles. The molecule has 0 spiro atoms. The lowest BCUT2D eigenvalue weighted by molar-refractivity contribution is -0.140. The molecule has 2 aromatic rings. The molecule has 35 heavy (non-hydrogen) atoms. The van der Waals surface area contributed by atoms with Crippen LogP contribution < -0.4 is 10.1 Å². The number of hydrazone groups is 1. The van der Waals surface area contributed by atoms with E-state index in [4.69, 9.17) is 67.5 Å². The quantitative estimate of drug-likeness (QED) is 0.146. The number of halogens is 5. The van der Waals surface area contributed by atoms with E-state index in [2.05, 4.69) is 10.4 Å². The highest BCUT2D eigenvalue weighted by molar-refractivity contribution is 7.97. The molecule has 7 nitrogen and oxygen atoms in total. The molecule has 0 aliphatic carbocycles. The first-order valence-corrected chi connectivity index (χ1v) is 12.6. The first-order chi connectivity index (χ1) is 16.5. The van der Waals surface area contributed by atoms with Crippen molar-refractivity contribution in [2.24, 2.45) is 5.10 Å². The van der Waals surface area contributed by atoms with Crippen molar-refractivity contribution >= 4 is 99.4 Å². The first-order valence-electron chi connectivity index (χ1n) is 9.90. The van der Waals surface area contributed by atoms with Crippen LogP contribution in [0.1, 0.15) is 25.8 Å². The van der Waals surface area contributed by atoms with Crippen molar-refractivity contribution < 1.29 is 19.1 Å². The van der Waals surface area contributed by atoms with Gasteiger partial charge in [-0.2, -0.15) is 9.52 Å². The fourth-order valence-corrected chi connectivity index (χ4v) is 5.20. The van der Waals surface area contributed by atoms with Gasteiger partial charge >= 0.3 is 5.97 Å². The molecule has 1 unspecified atom stereocenters. The highest BCUT2D eigenvalue weighted by atomic mass is 35.5. The number of hydrogen-bond donors (Lipinski definition) is 1. The molecule has 186 valence electrons. The van der Waals surface area contributed by atoms with Gasteiger partial charge in [-0.25, -0.2) is 4.79 Å². The second-order valence-corrected chi connectivity index (χ2v) is 10.4. The summed E-state index contributed by atoms with van der Waals surface area (Å²) >= 11 is 32.5. The monoisotopic (exact) mass is 595 g/mol. The number of nitrogens with zero attached hydrogens (tertiary/aromatic N) is 2. The van der Waals surface area contributed by atoms with Crippen LogP contribution in [0, 0.1) is 0 Å². The van der Waals surface area contributed by atoms with Gasteiger partial charge in [-0.3, -0.25) is 4.79 Å². The van der Waals surface area contributed by atoms with Crippen LogP contribution in [0.3, 0.4) is 0 Å². The Kier molecular flexibility index (Phi) is 9.48. The van der Waals surface area contributed by atoms with Crippen molar-refractivity contribution in [2.75, 3.05) is 12.4 Å². The maximum absolute atomic E-state index is 13.1. The van der Waals surface area contributed by atoms with E-state index >= 15 is 0 Å². The standard InChI is InChI=1S/C22H18Cl5N3O4S/c1-10(22(32)34-11(2)35-30-19(31)4-5-28-30)21(20-15(26)6-12(23)7-16(20)27)29-17-9-18(33-3)14(25)8-13(17)24/h5-9,11,29H,4H2,1-3H3/b21-10-. The Labute approximate surface area is 231 Å². The minimum atomic E-state index is -0.728. The Bertz CT molecular complexity index is 1210. The predicted molar refractivity (Wildman–Crippen MR) is 144 cm³/mol.